The molecule has 1 heterocycles. The molecule has 0 saturated carbocycles. The van der Waals surface area contributed by atoms with Crippen molar-refractivity contribution in [2.24, 2.45) is 4.99 Å². The smallest absolute Gasteiger partial charge is 0.263 e. The van der Waals surface area contributed by atoms with E-state index in [1.54, 1.807) is 24.3 Å². The number of nitrogens with zero attached hydrogens (tertiary/aromatic N) is 1. The van der Waals surface area contributed by atoms with Gasteiger partial charge in [0.25, 0.3) is 10.0 Å². The highest BCUT2D eigenvalue weighted by molar-refractivity contribution is 7.90. The van der Waals surface area contributed by atoms with Crippen molar-refractivity contribution in [3.63, 3.8) is 0 Å². The Bertz CT molecular complexity index is 1130. The highest BCUT2D eigenvalue weighted by Crippen LogP contribution is 2.30. The second kappa shape index (κ2) is 11.9. The first kappa shape index (κ1) is 25.6. The second-order valence-corrected chi connectivity index (χ2v) is 9.65. The molecule has 3 rings (SSSR count). The van der Waals surface area contributed by atoms with Gasteiger partial charge in [0.05, 0.1) is 24.2 Å². The van der Waals surface area contributed by atoms with Gasteiger partial charge in [-0.1, -0.05) is 24.6 Å². The van der Waals surface area contributed by atoms with Crippen molar-refractivity contribution in [3.05, 3.63) is 53.6 Å². The van der Waals surface area contributed by atoms with Crippen LogP contribution in [-0.2, 0) is 14.8 Å². The highest BCUT2D eigenvalue weighted by atomic mass is 32.2. The summed E-state index contributed by atoms with van der Waals surface area (Å²) in [7, 11) is -3.51. The molecule has 0 radical (unpaired) electrons. The summed E-state index contributed by atoms with van der Waals surface area (Å²) in [6, 6.07) is 12.4. The number of sulfonamides is 1. The molecule has 1 atom stereocenters. The van der Waals surface area contributed by atoms with E-state index in [0.717, 1.165) is 24.8 Å². The highest BCUT2D eigenvalue weighted by Gasteiger charge is 2.29. The van der Waals surface area contributed by atoms with Gasteiger partial charge in [0.1, 0.15) is 5.84 Å². The molecular weight excluding hydrogens is 454 g/mol. The van der Waals surface area contributed by atoms with Crippen LogP contribution in [-0.4, -0.2) is 39.9 Å². The van der Waals surface area contributed by atoms with E-state index in [9.17, 15) is 13.2 Å². The molecule has 0 fully saturated rings. The van der Waals surface area contributed by atoms with Gasteiger partial charge in [-0.3, -0.25) is 14.5 Å². The Balaban J connectivity index is 1.42. The van der Waals surface area contributed by atoms with Crippen molar-refractivity contribution in [1.82, 2.24) is 10.0 Å². The number of hydrogen-bond acceptors (Lipinski definition) is 6. The maximum atomic E-state index is 12.4. The van der Waals surface area contributed by atoms with Crippen LogP contribution in [0.1, 0.15) is 63.6 Å². The van der Waals surface area contributed by atoms with E-state index in [2.05, 4.69) is 15.0 Å². The zero-order valence-corrected chi connectivity index (χ0v) is 20.8. The number of aliphatic imine (C=N–C) groups is 1. The van der Waals surface area contributed by atoms with E-state index in [1.165, 1.54) is 0 Å². The molecule has 0 saturated heterocycles. The summed E-state index contributed by atoms with van der Waals surface area (Å²) in [6.07, 6.45) is 2.75. The maximum Gasteiger partial charge on any atom is 0.263 e. The van der Waals surface area contributed by atoms with E-state index in [4.69, 9.17) is 9.47 Å². The molecule has 2 N–H and O–H groups in total. The number of carbonyl (C=O) groups is 1. The Kier molecular flexibility index (Phi) is 8.92. The quantitative estimate of drug-likeness (QED) is 0.441. The van der Waals surface area contributed by atoms with Crippen molar-refractivity contribution in [3.8, 4) is 11.5 Å². The number of hydrogen-bond donors (Lipinski definition) is 2. The van der Waals surface area contributed by atoms with Gasteiger partial charge in [0, 0.05) is 18.5 Å². The lowest BCUT2D eigenvalue weighted by Crippen LogP contribution is -2.26. The molecule has 1 unspecified atom stereocenters. The minimum Gasteiger partial charge on any atom is -0.490 e. The van der Waals surface area contributed by atoms with Crippen LogP contribution in [0.3, 0.4) is 0 Å². The predicted octanol–water partition coefficient (Wildman–Crippen LogP) is 3.96. The lowest BCUT2D eigenvalue weighted by Gasteiger charge is -2.17. The Labute approximate surface area is 201 Å². The summed E-state index contributed by atoms with van der Waals surface area (Å²) in [4.78, 5) is 17.1. The van der Waals surface area contributed by atoms with Crippen LogP contribution in [0.15, 0.2) is 52.4 Å². The van der Waals surface area contributed by atoms with Crippen LogP contribution < -0.4 is 19.5 Å². The number of ether oxygens (including phenoxy) is 2. The summed E-state index contributed by atoms with van der Waals surface area (Å²) in [5.41, 5.74) is 1.56. The van der Waals surface area contributed by atoms with Crippen molar-refractivity contribution >= 4 is 21.8 Å². The van der Waals surface area contributed by atoms with E-state index < -0.39 is 10.0 Å². The Morgan fingerprint density at radius 2 is 1.76 bits per heavy atom. The number of carbonyl (C=O) groups excluding carboxylic acids is 1. The number of rotatable bonds is 12. The van der Waals surface area contributed by atoms with Crippen LogP contribution in [0.5, 0.6) is 11.5 Å². The molecule has 2 aromatic carbocycles. The first-order valence-electron chi connectivity index (χ1n) is 11.7. The van der Waals surface area contributed by atoms with Crippen molar-refractivity contribution in [1.29, 1.82) is 0 Å². The van der Waals surface area contributed by atoms with Crippen LogP contribution in [0, 0.1) is 0 Å². The van der Waals surface area contributed by atoms with Crippen molar-refractivity contribution < 1.29 is 22.7 Å². The SMILES string of the molecule is CCOc1ccc(C(C)NC(=O)CCCCCN=C2NS(=O)(=O)c3ccccc32)cc1OCC. The summed E-state index contributed by atoms with van der Waals surface area (Å²) < 4.78 is 38.0. The fourth-order valence-corrected chi connectivity index (χ4v) is 5.00. The molecule has 8 nitrogen and oxygen atoms in total. The molecule has 2 aromatic rings. The molecule has 0 spiro atoms. The van der Waals surface area contributed by atoms with E-state index in [-0.39, 0.29) is 16.8 Å². The number of nitrogens with one attached hydrogen (secondary N) is 2. The Hall–Kier alpha value is -3.07. The third-order valence-electron chi connectivity index (χ3n) is 5.44. The third kappa shape index (κ3) is 6.50. The van der Waals surface area contributed by atoms with Crippen LogP contribution in [0.25, 0.3) is 0 Å². The summed E-state index contributed by atoms with van der Waals surface area (Å²) in [6.45, 7) is 7.38. The molecule has 0 aromatic heterocycles. The van der Waals surface area contributed by atoms with Gasteiger partial charge >= 0.3 is 0 Å². The lowest BCUT2D eigenvalue weighted by atomic mass is 10.1. The number of unbranched alkanes of at least 4 members (excludes halogenated alkanes) is 2. The van der Waals surface area contributed by atoms with Gasteiger partial charge in [-0.15, -0.1) is 0 Å². The molecule has 9 heteroatoms. The molecule has 0 bridgehead atoms. The van der Waals surface area contributed by atoms with Crippen LogP contribution in [0.2, 0.25) is 0 Å². The van der Waals surface area contributed by atoms with Crippen LogP contribution >= 0.6 is 0 Å². The summed E-state index contributed by atoms with van der Waals surface area (Å²) >= 11 is 0. The lowest BCUT2D eigenvalue weighted by molar-refractivity contribution is -0.121. The zero-order valence-electron chi connectivity index (χ0n) is 20.0. The second-order valence-electron chi connectivity index (χ2n) is 8.00. The number of amidine groups is 1. The minimum atomic E-state index is -3.51. The molecular formula is C25H33N3O5S. The van der Waals surface area contributed by atoms with Gasteiger partial charge in [0.15, 0.2) is 11.5 Å². The predicted molar refractivity (Wildman–Crippen MR) is 132 cm³/mol. The van der Waals surface area contributed by atoms with Gasteiger partial charge < -0.3 is 14.8 Å². The topological polar surface area (TPSA) is 106 Å². The molecule has 0 aliphatic carbocycles. The first-order valence-corrected chi connectivity index (χ1v) is 13.2. The maximum absolute atomic E-state index is 12.4. The zero-order chi connectivity index (χ0) is 24.6. The van der Waals surface area contributed by atoms with Gasteiger partial charge in [-0.25, -0.2) is 8.42 Å². The average molecular weight is 488 g/mol. The van der Waals surface area contributed by atoms with Gasteiger partial charge in [-0.05, 0) is 63.4 Å². The number of amides is 1. The fraction of sp³-hybridized carbons (Fsp3) is 0.440. The van der Waals surface area contributed by atoms with Crippen LogP contribution in [0.4, 0.5) is 0 Å². The molecule has 34 heavy (non-hydrogen) atoms. The Morgan fingerprint density at radius 3 is 2.53 bits per heavy atom. The largest absolute Gasteiger partial charge is 0.490 e. The molecule has 1 aliphatic rings. The number of fused-ring (bicyclic) bond motifs is 1. The summed E-state index contributed by atoms with van der Waals surface area (Å²) in [5.74, 6) is 1.76. The van der Waals surface area contributed by atoms with E-state index in [0.29, 0.717) is 49.1 Å². The Morgan fingerprint density at radius 1 is 1.03 bits per heavy atom. The standard InChI is InChI=1S/C25H33N3O5S/c1-4-32-21-15-14-19(17-22(21)33-5-2)18(3)27-24(29)13-7-6-10-16-26-25-20-11-8-9-12-23(20)34(30,31)28-25/h8-9,11-12,14-15,17-18H,4-7,10,13,16H2,1-3H3,(H,26,28)(H,27,29). The first-order chi connectivity index (χ1) is 16.4. The molecule has 1 aliphatic heterocycles. The van der Waals surface area contributed by atoms with Gasteiger partial charge in [0.2, 0.25) is 5.91 Å². The molecule has 1 amide bonds. The number of benzene rings is 2. The van der Waals surface area contributed by atoms with E-state index in [1.807, 2.05) is 39.0 Å². The fourth-order valence-electron chi connectivity index (χ4n) is 3.75. The average Bonchev–Trinajstić information content (AvgIpc) is 3.07. The van der Waals surface area contributed by atoms with Crippen molar-refractivity contribution in [2.75, 3.05) is 19.8 Å². The third-order valence-corrected chi connectivity index (χ3v) is 6.84. The van der Waals surface area contributed by atoms with Crippen molar-refractivity contribution in [2.45, 2.75) is 57.4 Å². The minimum absolute atomic E-state index is 0.0110. The summed E-state index contributed by atoms with van der Waals surface area (Å²) in [5, 5.41) is 3.03. The normalized spacial score (nSPS) is 15.9. The molecule has 184 valence electrons. The monoisotopic (exact) mass is 487 g/mol. The van der Waals surface area contributed by atoms with E-state index >= 15 is 0 Å². The van der Waals surface area contributed by atoms with Gasteiger partial charge in [-0.2, -0.15) is 0 Å².